The topological polar surface area (TPSA) is 60.9 Å². The molecule has 3 rings (SSSR count). The van der Waals surface area contributed by atoms with Gasteiger partial charge in [-0.15, -0.1) is 0 Å². The smallest absolute Gasteiger partial charge is 0.295 e. The lowest BCUT2D eigenvalue weighted by Gasteiger charge is -2.26. The van der Waals surface area contributed by atoms with Crippen molar-refractivity contribution in [3.63, 3.8) is 0 Å². The van der Waals surface area contributed by atoms with E-state index in [0.717, 1.165) is 6.54 Å². The standard InChI is InChI=1S/C22H22Cl2N2O3/c1-25(2)12-3-13-26-19(14-4-8-16(23)9-5-14)18(21(28)22(26)29)20(27)15-6-10-17(24)11-7-15/h4-11,19,27H,3,12-13H2,1-2H3/t19-/m0/s1. The normalized spacial score (nSPS) is 18.7. The van der Waals surface area contributed by atoms with Gasteiger partial charge in [-0.05, 0) is 69.0 Å². The number of Topliss-reactive ketones (excluding diaryl/α,β-unsaturated/α-hetero) is 1. The third-order valence-electron chi connectivity index (χ3n) is 4.85. The predicted molar refractivity (Wildman–Crippen MR) is 115 cm³/mol. The van der Waals surface area contributed by atoms with Crippen LogP contribution in [-0.2, 0) is 9.59 Å². The Labute approximate surface area is 180 Å². The molecule has 5 nitrogen and oxygen atoms in total. The van der Waals surface area contributed by atoms with Gasteiger partial charge < -0.3 is 14.9 Å². The maximum absolute atomic E-state index is 12.9. The molecule has 1 amide bonds. The average Bonchev–Trinajstić information content (AvgIpc) is 2.93. The van der Waals surface area contributed by atoms with E-state index in [9.17, 15) is 14.7 Å². The number of amides is 1. The number of rotatable bonds is 6. The first-order chi connectivity index (χ1) is 13.8. The van der Waals surface area contributed by atoms with Gasteiger partial charge in [0.05, 0.1) is 11.6 Å². The number of hydrogen-bond acceptors (Lipinski definition) is 4. The summed E-state index contributed by atoms with van der Waals surface area (Å²) < 4.78 is 0. The van der Waals surface area contributed by atoms with Crippen LogP contribution in [0.5, 0.6) is 0 Å². The van der Waals surface area contributed by atoms with Gasteiger partial charge in [0.2, 0.25) is 0 Å². The lowest BCUT2D eigenvalue weighted by atomic mass is 9.95. The van der Waals surface area contributed by atoms with Crippen LogP contribution in [0.3, 0.4) is 0 Å². The molecule has 0 unspecified atom stereocenters. The predicted octanol–water partition coefficient (Wildman–Crippen LogP) is 4.37. The Hall–Kier alpha value is -2.34. The van der Waals surface area contributed by atoms with Gasteiger partial charge in [-0.25, -0.2) is 0 Å². The Morgan fingerprint density at radius 1 is 1.00 bits per heavy atom. The number of ketones is 1. The Kier molecular flexibility index (Phi) is 6.63. The molecule has 0 aromatic heterocycles. The molecule has 1 saturated heterocycles. The first-order valence-corrected chi connectivity index (χ1v) is 9.99. The third kappa shape index (κ3) is 4.64. The van der Waals surface area contributed by atoms with Gasteiger partial charge in [0, 0.05) is 22.2 Å². The number of hydrogen-bond donors (Lipinski definition) is 1. The molecular weight excluding hydrogens is 411 g/mol. The summed E-state index contributed by atoms with van der Waals surface area (Å²) in [5, 5.41) is 12.0. The van der Waals surface area contributed by atoms with Gasteiger partial charge in [0.15, 0.2) is 0 Å². The minimum atomic E-state index is -0.692. The van der Waals surface area contributed by atoms with E-state index in [1.807, 2.05) is 19.0 Å². The summed E-state index contributed by atoms with van der Waals surface area (Å²) in [7, 11) is 3.90. The molecule has 1 N–H and O–H groups in total. The van der Waals surface area contributed by atoms with Crippen molar-refractivity contribution in [2.75, 3.05) is 27.2 Å². The highest BCUT2D eigenvalue weighted by Crippen LogP contribution is 2.39. The van der Waals surface area contributed by atoms with Gasteiger partial charge in [0.25, 0.3) is 11.7 Å². The number of carbonyl (C=O) groups is 2. The Balaban J connectivity index is 2.07. The van der Waals surface area contributed by atoms with Crippen molar-refractivity contribution in [2.24, 2.45) is 0 Å². The van der Waals surface area contributed by atoms with Gasteiger partial charge >= 0.3 is 0 Å². The monoisotopic (exact) mass is 432 g/mol. The van der Waals surface area contributed by atoms with Gasteiger partial charge in [0.1, 0.15) is 5.76 Å². The third-order valence-corrected chi connectivity index (χ3v) is 5.35. The molecule has 1 heterocycles. The summed E-state index contributed by atoms with van der Waals surface area (Å²) in [6, 6.07) is 12.8. The van der Waals surface area contributed by atoms with Crippen LogP contribution >= 0.6 is 23.2 Å². The zero-order chi connectivity index (χ0) is 21.1. The van der Waals surface area contributed by atoms with Crippen molar-refractivity contribution >= 4 is 40.7 Å². The second kappa shape index (κ2) is 8.99. The maximum Gasteiger partial charge on any atom is 0.295 e. The van der Waals surface area contributed by atoms with Crippen LogP contribution in [0, 0.1) is 0 Å². The molecule has 0 aliphatic carbocycles. The van der Waals surface area contributed by atoms with E-state index in [2.05, 4.69) is 0 Å². The molecule has 0 bridgehead atoms. The summed E-state index contributed by atoms with van der Waals surface area (Å²) in [6.07, 6.45) is 0.700. The van der Waals surface area contributed by atoms with Crippen LogP contribution in [0.25, 0.3) is 5.76 Å². The fourth-order valence-corrected chi connectivity index (χ4v) is 3.67. The molecule has 0 saturated carbocycles. The van der Waals surface area contributed by atoms with Crippen molar-refractivity contribution < 1.29 is 14.7 Å². The van der Waals surface area contributed by atoms with Gasteiger partial charge in [-0.2, -0.15) is 0 Å². The van der Waals surface area contributed by atoms with E-state index >= 15 is 0 Å². The molecule has 1 fully saturated rings. The highest BCUT2D eigenvalue weighted by atomic mass is 35.5. The number of aliphatic hydroxyl groups is 1. The van der Waals surface area contributed by atoms with Crippen LogP contribution in [0.1, 0.15) is 23.6 Å². The number of nitrogens with zero attached hydrogens (tertiary/aromatic N) is 2. The van der Waals surface area contributed by atoms with Crippen molar-refractivity contribution in [1.29, 1.82) is 0 Å². The largest absolute Gasteiger partial charge is 0.507 e. The molecule has 0 radical (unpaired) electrons. The molecule has 1 atom stereocenters. The Morgan fingerprint density at radius 2 is 1.55 bits per heavy atom. The second-order valence-electron chi connectivity index (χ2n) is 7.21. The van der Waals surface area contributed by atoms with Crippen LogP contribution < -0.4 is 0 Å². The number of halogens is 2. The average molecular weight is 433 g/mol. The summed E-state index contributed by atoms with van der Waals surface area (Å²) in [4.78, 5) is 29.2. The fourth-order valence-electron chi connectivity index (χ4n) is 3.42. The molecule has 29 heavy (non-hydrogen) atoms. The fraction of sp³-hybridized carbons (Fsp3) is 0.273. The van der Waals surface area contributed by atoms with Gasteiger partial charge in [-0.1, -0.05) is 35.3 Å². The van der Waals surface area contributed by atoms with E-state index in [1.54, 1.807) is 48.5 Å². The lowest BCUT2D eigenvalue weighted by Crippen LogP contribution is -2.32. The van der Waals surface area contributed by atoms with Crippen LogP contribution in [0.2, 0.25) is 10.0 Å². The quantitative estimate of drug-likeness (QED) is 0.418. The number of likely N-dealkylation sites (tertiary alicyclic amines) is 1. The van der Waals surface area contributed by atoms with Crippen LogP contribution in [-0.4, -0.2) is 53.8 Å². The Morgan fingerprint density at radius 3 is 2.10 bits per heavy atom. The van der Waals surface area contributed by atoms with Crippen molar-refractivity contribution in [1.82, 2.24) is 9.80 Å². The molecule has 2 aromatic rings. The maximum atomic E-state index is 12.9. The second-order valence-corrected chi connectivity index (χ2v) is 8.08. The Bertz CT molecular complexity index is 938. The van der Waals surface area contributed by atoms with E-state index in [1.165, 1.54) is 4.90 Å². The summed E-state index contributed by atoms with van der Waals surface area (Å²) in [6.45, 7) is 1.17. The molecule has 2 aromatic carbocycles. The van der Waals surface area contributed by atoms with Crippen molar-refractivity contribution in [3.05, 3.63) is 75.3 Å². The van der Waals surface area contributed by atoms with Crippen LogP contribution in [0.15, 0.2) is 54.1 Å². The molecule has 152 valence electrons. The number of benzene rings is 2. The highest BCUT2D eigenvalue weighted by molar-refractivity contribution is 6.46. The zero-order valence-corrected chi connectivity index (χ0v) is 17.7. The van der Waals surface area contributed by atoms with Crippen molar-refractivity contribution in [3.8, 4) is 0 Å². The van der Waals surface area contributed by atoms with Crippen LogP contribution in [0.4, 0.5) is 0 Å². The number of carbonyl (C=O) groups excluding carboxylic acids is 2. The van der Waals surface area contributed by atoms with E-state index in [4.69, 9.17) is 23.2 Å². The molecule has 1 aliphatic heterocycles. The van der Waals surface area contributed by atoms with E-state index < -0.39 is 17.7 Å². The van der Waals surface area contributed by atoms with Crippen molar-refractivity contribution in [2.45, 2.75) is 12.5 Å². The summed E-state index contributed by atoms with van der Waals surface area (Å²) >= 11 is 11.9. The molecule has 1 aliphatic rings. The SMILES string of the molecule is CN(C)CCCN1C(=O)C(=O)C(=C(O)c2ccc(Cl)cc2)[C@@H]1c1ccc(Cl)cc1. The van der Waals surface area contributed by atoms with E-state index in [-0.39, 0.29) is 11.3 Å². The van der Waals surface area contributed by atoms with Gasteiger partial charge in [-0.3, -0.25) is 9.59 Å². The lowest BCUT2D eigenvalue weighted by molar-refractivity contribution is -0.139. The minimum Gasteiger partial charge on any atom is -0.507 e. The highest BCUT2D eigenvalue weighted by Gasteiger charge is 2.45. The molecule has 0 spiro atoms. The minimum absolute atomic E-state index is 0.0736. The first kappa shape index (κ1) is 21.4. The first-order valence-electron chi connectivity index (χ1n) is 9.24. The molecule has 7 heteroatoms. The zero-order valence-electron chi connectivity index (χ0n) is 16.2. The summed E-state index contributed by atoms with van der Waals surface area (Å²) in [5.74, 6) is -1.52. The van der Waals surface area contributed by atoms with E-state index in [0.29, 0.717) is 34.1 Å². The molecular formula is C22H22Cl2N2O3. The number of aliphatic hydroxyl groups excluding tert-OH is 1. The summed E-state index contributed by atoms with van der Waals surface area (Å²) in [5.41, 5.74) is 1.22.